The Morgan fingerprint density at radius 2 is 2.00 bits per heavy atom. The summed E-state index contributed by atoms with van der Waals surface area (Å²) in [5.74, 6) is -1.49. The number of nitrogens with zero attached hydrogens (tertiary/aromatic N) is 1. The van der Waals surface area contributed by atoms with Gasteiger partial charge in [-0.2, -0.15) is 0 Å². The molecule has 0 rings (SSSR count). The van der Waals surface area contributed by atoms with E-state index in [9.17, 15) is 9.36 Å². The van der Waals surface area contributed by atoms with E-state index in [1.165, 1.54) is 0 Å². The maximum atomic E-state index is 10.6. The van der Waals surface area contributed by atoms with Crippen LogP contribution in [0, 0.1) is 5.41 Å². The third-order valence-corrected chi connectivity index (χ3v) is 2.22. The summed E-state index contributed by atoms with van der Waals surface area (Å²) in [6.45, 7) is 0.0345. The molecule has 88 valence electrons. The van der Waals surface area contributed by atoms with E-state index < -0.39 is 25.8 Å². The SMILES string of the molecule is N=C(N)N(CCCC(=O)O)CP(=O)(O)O. The second kappa shape index (κ2) is 5.69. The van der Waals surface area contributed by atoms with Crippen LogP contribution in [0.3, 0.4) is 0 Å². The van der Waals surface area contributed by atoms with Gasteiger partial charge in [0.25, 0.3) is 0 Å². The Morgan fingerprint density at radius 3 is 2.33 bits per heavy atom. The zero-order chi connectivity index (χ0) is 12.1. The molecule has 9 heteroatoms. The third kappa shape index (κ3) is 7.92. The fraction of sp³-hybridized carbons (Fsp3) is 0.667. The van der Waals surface area contributed by atoms with Crippen molar-refractivity contribution in [3.8, 4) is 0 Å². The Labute approximate surface area is 86.4 Å². The van der Waals surface area contributed by atoms with Crippen LogP contribution in [-0.2, 0) is 9.36 Å². The number of nitrogens with two attached hydrogens (primary N) is 1. The average molecular weight is 239 g/mol. The summed E-state index contributed by atoms with van der Waals surface area (Å²) >= 11 is 0. The van der Waals surface area contributed by atoms with E-state index in [1.807, 2.05) is 0 Å². The lowest BCUT2D eigenvalue weighted by molar-refractivity contribution is -0.137. The highest BCUT2D eigenvalue weighted by Gasteiger charge is 2.19. The molecule has 0 saturated carbocycles. The highest BCUT2D eigenvalue weighted by molar-refractivity contribution is 7.51. The summed E-state index contributed by atoms with van der Waals surface area (Å²) in [5.41, 5.74) is 5.08. The molecule has 0 unspecified atom stereocenters. The Hall–Kier alpha value is -1.11. The van der Waals surface area contributed by atoms with Crippen molar-refractivity contribution in [1.29, 1.82) is 5.41 Å². The van der Waals surface area contributed by atoms with E-state index >= 15 is 0 Å². The maximum Gasteiger partial charge on any atom is 0.344 e. The monoisotopic (exact) mass is 239 g/mol. The van der Waals surface area contributed by atoms with E-state index in [1.54, 1.807) is 0 Å². The zero-order valence-electron chi connectivity index (χ0n) is 7.96. The van der Waals surface area contributed by atoms with Crippen LogP contribution >= 0.6 is 7.60 Å². The minimum atomic E-state index is -4.28. The molecule has 0 aromatic rings. The van der Waals surface area contributed by atoms with Gasteiger partial charge in [-0.1, -0.05) is 0 Å². The van der Waals surface area contributed by atoms with Gasteiger partial charge in [-0.15, -0.1) is 0 Å². The topological polar surface area (TPSA) is 148 Å². The Balaban J connectivity index is 4.12. The number of rotatable bonds is 6. The summed E-state index contributed by atoms with van der Waals surface area (Å²) in [5, 5.41) is 15.4. The fourth-order valence-electron chi connectivity index (χ4n) is 0.911. The van der Waals surface area contributed by atoms with Gasteiger partial charge in [-0.25, -0.2) is 0 Å². The molecule has 8 nitrogen and oxygen atoms in total. The number of hydrogen-bond acceptors (Lipinski definition) is 3. The first kappa shape index (κ1) is 13.9. The van der Waals surface area contributed by atoms with Crippen LogP contribution in [-0.4, -0.2) is 44.6 Å². The van der Waals surface area contributed by atoms with Crippen molar-refractivity contribution >= 4 is 19.5 Å². The number of aliphatic carboxylic acids is 1. The van der Waals surface area contributed by atoms with Gasteiger partial charge >= 0.3 is 13.6 Å². The van der Waals surface area contributed by atoms with E-state index in [0.29, 0.717) is 0 Å². The standard InChI is InChI=1S/C6H14N3O5P/c7-6(8)9(4-15(12,13)14)3-1-2-5(10)11/h1-4H2,(H3,7,8)(H,10,11)(H2,12,13,14). The predicted molar refractivity (Wildman–Crippen MR) is 52.4 cm³/mol. The molecule has 0 aliphatic rings. The Bertz CT molecular complexity index is 288. The van der Waals surface area contributed by atoms with Crippen LogP contribution in [0.1, 0.15) is 12.8 Å². The number of guanidine groups is 1. The molecule has 0 amide bonds. The quantitative estimate of drug-likeness (QED) is 0.231. The van der Waals surface area contributed by atoms with Gasteiger partial charge < -0.3 is 25.5 Å². The number of carboxylic acid groups (broad SMARTS) is 1. The molecule has 0 aromatic heterocycles. The summed E-state index contributed by atoms with van der Waals surface area (Å²) in [6, 6.07) is 0. The van der Waals surface area contributed by atoms with Gasteiger partial charge in [0.1, 0.15) is 6.29 Å². The van der Waals surface area contributed by atoms with Crippen molar-refractivity contribution in [3.63, 3.8) is 0 Å². The highest BCUT2D eigenvalue weighted by Crippen LogP contribution is 2.34. The van der Waals surface area contributed by atoms with Gasteiger partial charge in [-0.3, -0.25) is 14.8 Å². The Kier molecular flexibility index (Phi) is 5.27. The van der Waals surface area contributed by atoms with E-state index in [0.717, 1.165) is 4.90 Å². The second-order valence-corrected chi connectivity index (χ2v) is 4.56. The van der Waals surface area contributed by atoms with E-state index in [2.05, 4.69) is 0 Å². The number of carbonyl (C=O) groups is 1. The fourth-order valence-corrected chi connectivity index (χ4v) is 1.65. The van der Waals surface area contributed by atoms with Crippen LogP contribution in [0.5, 0.6) is 0 Å². The van der Waals surface area contributed by atoms with E-state index in [4.69, 9.17) is 26.0 Å². The molecule has 6 N–H and O–H groups in total. The summed E-state index contributed by atoms with van der Waals surface area (Å²) < 4.78 is 10.6. The molecular weight excluding hydrogens is 225 g/mol. The molecule has 0 fully saturated rings. The Morgan fingerprint density at radius 1 is 1.47 bits per heavy atom. The third-order valence-electron chi connectivity index (χ3n) is 1.51. The first-order valence-electron chi connectivity index (χ1n) is 4.07. The molecule has 15 heavy (non-hydrogen) atoms. The van der Waals surface area contributed by atoms with Crippen LogP contribution in [0.15, 0.2) is 0 Å². The van der Waals surface area contributed by atoms with Crippen molar-refractivity contribution in [3.05, 3.63) is 0 Å². The summed E-state index contributed by atoms with van der Waals surface area (Å²) in [6.07, 6.45) is -0.623. The van der Waals surface area contributed by atoms with Crippen molar-refractivity contribution < 1.29 is 24.3 Å². The minimum Gasteiger partial charge on any atom is -0.481 e. The van der Waals surface area contributed by atoms with Crippen molar-refractivity contribution in [2.45, 2.75) is 12.8 Å². The lowest BCUT2D eigenvalue weighted by Crippen LogP contribution is -2.38. The second-order valence-electron chi connectivity index (χ2n) is 2.95. The number of nitrogens with one attached hydrogen (secondary N) is 1. The van der Waals surface area contributed by atoms with Gasteiger partial charge in [0, 0.05) is 13.0 Å². The number of hydrogen-bond donors (Lipinski definition) is 5. The largest absolute Gasteiger partial charge is 0.481 e. The minimum absolute atomic E-state index is 0.0345. The molecule has 0 saturated heterocycles. The predicted octanol–water partition coefficient (Wildman–Crippen LogP) is -0.818. The van der Waals surface area contributed by atoms with Gasteiger partial charge in [0.15, 0.2) is 5.96 Å². The normalized spacial score (nSPS) is 11.1. The molecule has 0 bridgehead atoms. The van der Waals surface area contributed by atoms with Gasteiger partial charge in [-0.05, 0) is 6.42 Å². The van der Waals surface area contributed by atoms with Gasteiger partial charge in [0.05, 0.1) is 0 Å². The summed E-state index contributed by atoms with van der Waals surface area (Å²) in [7, 11) is -4.28. The molecule has 0 aromatic carbocycles. The molecule has 0 aliphatic heterocycles. The maximum absolute atomic E-state index is 10.6. The van der Waals surface area contributed by atoms with Crippen LogP contribution in [0.2, 0.25) is 0 Å². The molecule has 0 aliphatic carbocycles. The molecular formula is C6H14N3O5P. The molecule has 0 atom stereocenters. The smallest absolute Gasteiger partial charge is 0.344 e. The first-order chi connectivity index (χ1) is 6.72. The zero-order valence-corrected chi connectivity index (χ0v) is 8.85. The highest BCUT2D eigenvalue weighted by atomic mass is 31.2. The van der Waals surface area contributed by atoms with Crippen LogP contribution in [0.25, 0.3) is 0 Å². The molecule has 0 spiro atoms. The van der Waals surface area contributed by atoms with Crippen LogP contribution in [0.4, 0.5) is 0 Å². The number of carboxylic acids is 1. The summed E-state index contributed by atoms with van der Waals surface area (Å²) in [4.78, 5) is 28.4. The van der Waals surface area contributed by atoms with Crippen molar-refractivity contribution in [2.24, 2.45) is 5.73 Å². The molecule has 0 heterocycles. The van der Waals surface area contributed by atoms with Crippen LogP contribution < -0.4 is 5.73 Å². The van der Waals surface area contributed by atoms with Crippen molar-refractivity contribution in [1.82, 2.24) is 4.90 Å². The molecule has 0 radical (unpaired) electrons. The van der Waals surface area contributed by atoms with Crippen molar-refractivity contribution in [2.75, 3.05) is 12.8 Å². The van der Waals surface area contributed by atoms with E-state index in [-0.39, 0.29) is 19.4 Å². The first-order valence-corrected chi connectivity index (χ1v) is 5.87. The lowest BCUT2D eigenvalue weighted by atomic mass is 10.3. The lowest BCUT2D eigenvalue weighted by Gasteiger charge is -2.22. The average Bonchev–Trinajstić information content (AvgIpc) is 1.99. The van der Waals surface area contributed by atoms with Gasteiger partial charge in [0.2, 0.25) is 0 Å².